The SMILES string of the molecule is Nc1cc(CCl)cc(C(F)(F)F)c1Br. The molecule has 0 atom stereocenters. The van der Waals surface area contributed by atoms with E-state index in [1.165, 1.54) is 6.07 Å². The maximum absolute atomic E-state index is 12.4. The predicted molar refractivity (Wildman–Crippen MR) is 53.1 cm³/mol. The zero-order valence-corrected chi connectivity index (χ0v) is 9.17. The molecule has 6 heteroatoms. The number of nitrogen functional groups attached to an aromatic ring is 1. The molecule has 0 bridgehead atoms. The molecular weight excluding hydrogens is 282 g/mol. The van der Waals surface area contributed by atoms with Crippen LogP contribution in [0, 0.1) is 0 Å². The summed E-state index contributed by atoms with van der Waals surface area (Å²) in [6.45, 7) is 0. The molecule has 0 heterocycles. The Morgan fingerprint density at radius 1 is 1.36 bits per heavy atom. The Labute approximate surface area is 92.2 Å². The summed E-state index contributed by atoms with van der Waals surface area (Å²) in [5.41, 5.74) is 4.97. The first-order chi connectivity index (χ1) is 6.36. The average Bonchev–Trinajstić information content (AvgIpc) is 2.07. The Morgan fingerprint density at radius 3 is 2.36 bits per heavy atom. The number of halogens is 5. The quantitative estimate of drug-likeness (QED) is 0.617. The number of hydrogen-bond donors (Lipinski definition) is 1. The zero-order valence-electron chi connectivity index (χ0n) is 6.83. The molecule has 0 aliphatic rings. The number of anilines is 1. The molecular formula is C8H6BrClF3N. The van der Waals surface area contributed by atoms with E-state index in [0.29, 0.717) is 5.56 Å². The van der Waals surface area contributed by atoms with E-state index in [4.69, 9.17) is 17.3 Å². The first-order valence-corrected chi connectivity index (χ1v) is 4.90. The van der Waals surface area contributed by atoms with Gasteiger partial charge in [0.25, 0.3) is 0 Å². The summed E-state index contributed by atoms with van der Waals surface area (Å²) >= 11 is 8.23. The first kappa shape index (κ1) is 11.7. The highest BCUT2D eigenvalue weighted by Gasteiger charge is 2.34. The fraction of sp³-hybridized carbons (Fsp3) is 0.250. The lowest BCUT2D eigenvalue weighted by atomic mass is 10.1. The van der Waals surface area contributed by atoms with E-state index in [1.807, 2.05) is 0 Å². The standard InChI is InChI=1S/C8H6BrClF3N/c9-7-5(8(11,12)13)1-4(3-10)2-6(7)14/h1-2H,3,14H2. The van der Waals surface area contributed by atoms with Crippen molar-refractivity contribution in [2.75, 3.05) is 5.73 Å². The summed E-state index contributed by atoms with van der Waals surface area (Å²) in [4.78, 5) is 0. The van der Waals surface area contributed by atoms with Crippen LogP contribution in [0.2, 0.25) is 0 Å². The van der Waals surface area contributed by atoms with Crippen LogP contribution in [-0.2, 0) is 12.1 Å². The van der Waals surface area contributed by atoms with Crippen LogP contribution in [-0.4, -0.2) is 0 Å². The fourth-order valence-corrected chi connectivity index (χ4v) is 1.60. The first-order valence-electron chi connectivity index (χ1n) is 3.57. The number of hydrogen-bond acceptors (Lipinski definition) is 1. The topological polar surface area (TPSA) is 26.0 Å². The summed E-state index contributed by atoms with van der Waals surface area (Å²) < 4.78 is 37.1. The molecule has 0 saturated heterocycles. The second-order valence-electron chi connectivity index (χ2n) is 2.68. The highest BCUT2D eigenvalue weighted by atomic mass is 79.9. The van der Waals surface area contributed by atoms with Crippen molar-refractivity contribution in [2.45, 2.75) is 12.1 Å². The number of rotatable bonds is 1. The number of alkyl halides is 4. The molecule has 1 aromatic carbocycles. The summed E-state index contributed by atoms with van der Waals surface area (Å²) in [5.74, 6) is 0.000556. The van der Waals surface area contributed by atoms with Crippen molar-refractivity contribution in [3.8, 4) is 0 Å². The van der Waals surface area contributed by atoms with E-state index >= 15 is 0 Å². The van der Waals surface area contributed by atoms with Gasteiger partial charge in [-0.15, -0.1) is 11.6 Å². The van der Waals surface area contributed by atoms with Crippen molar-refractivity contribution in [3.05, 3.63) is 27.7 Å². The van der Waals surface area contributed by atoms with Crippen molar-refractivity contribution < 1.29 is 13.2 Å². The molecule has 0 spiro atoms. The Balaban J connectivity index is 3.35. The molecule has 1 aromatic rings. The zero-order chi connectivity index (χ0) is 10.9. The van der Waals surface area contributed by atoms with Crippen LogP contribution in [0.15, 0.2) is 16.6 Å². The van der Waals surface area contributed by atoms with E-state index < -0.39 is 11.7 Å². The number of nitrogens with two attached hydrogens (primary N) is 1. The molecule has 0 aromatic heterocycles. The molecule has 0 amide bonds. The van der Waals surface area contributed by atoms with Crippen molar-refractivity contribution in [1.82, 2.24) is 0 Å². The molecule has 0 aliphatic heterocycles. The molecule has 2 N–H and O–H groups in total. The smallest absolute Gasteiger partial charge is 0.398 e. The second kappa shape index (κ2) is 3.98. The Morgan fingerprint density at radius 2 is 1.93 bits per heavy atom. The van der Waals surface area contributed by atoms with Crippen LogP contribution in [0.25, 0.3) is 0 Å². The molecule has 1 nitrogen and oxygen atoms in total. The van der Waals surface area contributed by atoms with Crippen LogP contribution in [0.3, 0.4) is 0 Å². The fourth-order valence-electron chi connectivity index (χ4n) is 0.992. The third-order valence-corrected chi connectivity index (χ3v) is 2.81. The van der Waals surface area contributed by atoms with Gasteiger partial charge in [-0.1, -0.05) is 0 Å². The minimum absolute atomic E-state index is 0.000556. The predicted octanol–water partition coefficient (Wildman–Crippen LogP) is 3.79. The lowest BCUT2D eigenvalue weighted by Gasteiger charge is -2.12. The Hall–Kier alpha value is -0.420. The van der Waals surface area contributed by atoms with Gasteiger partial charge in [-0.25, -0.2) is 0 Å². The maximum atomic E-state index is 12.4. The summed E-state index contributed by atoms with van der Waals surface area (Å²) in [6.07, 6.45) is -4.42. The van der Waals surface area contributed by atoms with Crippen LogP contribution in [0.5, 0.6) is 0 Å². The Kier molecular flexibility index (Phi) is 3.32. The van der Waals surface area contributed by atoms with Gasteiger partial charge in [0.2, 0.25) is 0 Å². The molecule has 0 unspecified atom stereocenters. The van der Waals surface area contributed by atoms with Gasteiger partial charge < -0.3 is 5.73 Å². The van der Waals surface area contributed by atoms with Gasteiger partial charge in [0.05, 0.1) is 10.0 Å². The van der Waals surface area contributed by atoms with E-state index in [0.717, 1.165) is 6.07 Å². The summed E-state index contributed by atoms with van der Waals surface area (Å²) in [5, 5.41) is 0. The summed E-state index contributed by atoms with van der Waals surface area (Å²) in [6, 6.07) is 2.39. The normalized spacial score (nSPS) is 11.8. The molecule has 0 saturated carbocycles. The lowest BCUT2D eigenvalue weighted by Crippen LogP contribution is -2.08. The van der Waals surface area contributed by atoms with Crippen LogP contribution >= 0.6 is 27.5 Å². The largest absolute Gasteiger partial charge is 0.417 e. The molecule has 0 aliphatic carbocycles. The van der Waals surface area contributed by atoms with Gasteiger partial charge in [-0.05, 0) is 33.6 Å². The minimum atomic E-state index is -4.42. The third kappa shape index (κ3) is 2.33. The Bertz CT molecular complexity index is 351. The third-order valence-electron chi connectivity index (χ3n) is 1.62. The highest BCUT2D eigenvalue weighted by molar-refractivity contribution is 9.10. The van der Waals surface area contributed by atoms with Crippen LogP contribution in [0.4, 0.5) is 18.9 Å². The molecule has 78 valence electrons. The van der Waals surface area contributed by atoms with Crippen LogP contribution in [0.1, 0.15) is 11.1 Å². The van der Waals surface area contributed by atoms with Gasteiger partial charge >= 0.3 is 6.18 Å². The molecule has 0 fully saturated rings. The van der Waals surface area contributed by atoms with Gasteiger partial charge in [0, 0.05) is 11.6 Å². The molecule has 14 heavy (non-hydrogen) atoms. The van der Waals surface area contributed by atoms with E-state index in [1.54, 1.807) is 0 Å². The van der Waals surface area contributed by atoms with Crippen molar-refractivity contribution >= 4 is 33.2 Å². The number of benzene rings is 1. The molecule has 0 radical (unpaired) electrons. The maximum Gasteiger partial charge on any atom is 0.417 e. The van der Waals surface area contributed by atoms with Crippen molar-refractivity contribution in [1.29, 1.82) is 0 Å². The summed E-state index contributed by atoms with van der Waals surface area (Å²) in [7, 11) is 0. The van der Waals surface area contributed by atoms with Crippen molar-refractivity contribution in [2.24, 2.45) is 0 Å². The van der Waals surface area contributed by atoms with Gasteiger partial charge in [0.15, 0.2) is 0 Å². The van der Waals surface area contributed by atoms with E-state index in [9.17, 15) is 13.2 Å². The second-order valence-corrected chi connectivity index (χ2v) is 3.74. The van der Waals surface area contributed by atoms with Gasteiger partial charge in [-0.3, -0.25) is 0 Å². The molecule has 1 rings (SSSR count). The van der Waals surface area contributed by atoms with Crippen molar-refractivity contribution in [3.63, 3.8) is 0 Å². The van der Waals surface area contributed by atoms with E-state index in [-0.39, 0.29) is 16.0 Å². The van der Waals surface area contributed by atoms with Crippen LogP contribution < -0.4 is 5.73 Å². The van der Waals surface area contributed by atoms with Gasteiger partial charge in [0.1, 0.15) is 0 Å². The van der Waals surface area contributed by atoms with E-state index in [2.05, 4.69) is 15.9 Å². The monoisotopic (exact) mass is 287 g/mol. The minimum Gasteiger partial charge on any atom is -0.398 e. The highest BCUT2D eigenvalue weighted by Crippen LogP contribution is 2.38. The van der Waals surface area contributed by atoms with Gasteiger partial charge in [-0.2, -0.15) is 13.2 Å². The lowest BCUT2D eigenvalue weighted by molar-refractivity contribution is -0.138. The average molecular weight is 288 g/mol.